The molecule has 4 nitrogen and oxygen atoms in total. The highest BCUT2D eigenvalue weighted by molar-refractivity contribution is 9.10. The van der Waals surface area contributed by atoms with Gasteiger partial charge in [-0.25, -0.2) is 4.79 Å². The smallest absolute Gasteiger partial charge is 0.315 e. The fourth-order valence-corrected chi connectivity index (χ4v) is 2.58. The largest absolute Gasteiger partial charge is 0.393 e. The molecule has 1 aliphatic rings. The van der Waals surface area contributed by atoms with Gasteiger partial charge in [0.1, 0.15) is 0 Å². The summed E-state index contributed by atoms with van der Waals surface area (Å²) in [6.07, 6.45) is 2.46. The minimum atomic E-state index is -0.183. The molecule has 0 saturated heterocycles. The standard InChI is InChI=1S/C14H19BrN2O2/c15-12-4-1-10(2-5-12)8-16-14(19)17-9-11-3-6-13(18)7-11/h1-2,4-5,11,13,18H,3,6-9H2,(H2,16,17,19). The summed E-state index contributed by atoms with van der Waals surface area (Å²) >= 11 is 3.37. The van der Waals surface area contributed by atoms with Gasteiger partial charge < -0.3 is 15.7 Å². The maximum absolute atomic E-state index is 11.6. The molecule has 0 aliphatic heterocycles. The van der Waals surface area contributed by atoms with Crippen LogP contribution in [0.25, 0.3) is 0 Å². The predicted octanol–water partition coefficient (Wildman–Crippen LogP) is 2.41. The summed E-state index contributed by atoms with van der Waals surface area (Å²) in [5.41, 5.74) is 1.06. The molecule has 3 N–H and O–H groups in total. The minimum Gasteiger partial charge on any atom is -0.393 e. The first-order valence-corrected chi connectivity index (χ1v) is 7.37. The monoisotopic (exact) mass is 326 g/mol. The second-order valence-electron chi connectivity index (χ2n) is 5.02. The van der Waals surface area contributed by atoms with Gasteiger partial charge in [0.15, 0.2) is 0 Å². The van der Waals surface area contributed by atoms with Crippen LogP contribution in [0.3, 0.4) is 0 Å². The molecule has 2 rings (SSSR count). The number of aliphatic hydroxyl groups is 1. The average Bonchev–Trinajstić information content (AvgIpc) is 2.81. The van der Waals surface area contributed by atoms with Crippen molar-refractivity contribution in [3.63, 3.8) is 0 Å². The molecular formula is C14H19BrN2O2. The zero-order valence-electron chi connectivity index (χ0n) is 10.7. The third kappa shape index (κ3) is 4.84. The van der Waals surface area contributed by atoms with E-state index < -0.39 is 0 Å². The first kappa shape index (κ1) is 14.3. The quantitative estimate of drug-likeness (QED) is 0.795. The molecule has 1 aliphatic carbocycles. The Morgan fingerprint density at radius 2 is 2.00 bits per heavy atom. The second-order valence-corrected chi connectivity index (χ2v) is 5.94. The highest BCUT2D eigenvalue weighted by Gasteiger charge is 2.22. The van der Waals surface area contributed by atoms with E-state index in [4.69, 9.17) is 0 Å². The number of nitrogens with one attached hydrogen (secondary N) is 2. The molecule has 0 aromatic heterocycles. The van der Waals surface area contributed by atoms with Crippen molar-refractivity contribution >= 4 is 22.0 Å². The summed E-state index contributed by atoms with van der Waals surface area (Å²) in [6, 6.07) is 7.70. The van der Waals surface area contributed by atoms with Crippen LogP contribution < -0.4 is 10.6 Å². The zero-order chi connectivity index (χ0) is 13.7. The van der Waals surface area contributed by atoms with Gasteiger partial charge in [0.2, 0.25) is 0 Å². The van der Waals surface area contributed by atoms with Gasteiger partial charge >= 0.3 is 6.03 Å². The van der Waals surface area contributed by atoms with Crippen molar-refractivity contribution in [3.8, 4) is 0 Å². The summed E-state index contributed by atoms with van der Waals surface area (Å²) in [6.45, 7) is 1.16. The molecule has 0 spiro atoms. The lowest BCUT2D eigenvalue weighted by atomic mass is 10.1. The lowest BCUT2D eigenvalue weighted by molar-refractivity contribution is 0.177. The van der Waals surface area contributed by atoms with E-state index >= 15 is 0 Å². The molecule has 2 atom stereocenters. The molecule has 2 unspecified atom stereocenters. The van der Waals surface area contributed by atoms with Crippen LogP contribution in [0.1, 0.15) is 24.8 Å². The van der Waals surface area contributed by atoms with Gasteiger partial charge in [-0.2, -0.15) is 0 Å². The molecule has 1 saturated carbocycles. The van der Waals surface area contributed by atoms with Gasteiger partial charge in [0, 0.05) is 17.6 Å². The summed E-state index contributed by atoms with van der Waals surface area (Å²) < 4.78 is 1.03. The Labute approximate surface area is 121 Å². The van der Waals surface area contributed by atoms with Crippen molar-refractivity contribution in [2.24, 2.45) is 5.92 Å². The van der Waals surface area contributed by atoms with Crippen LogP contribution in [0.2, 0.25) is 0 Å². The van der Waals surface area contributed by atoms with Crippen LogP contribution in [0, 0.1) is 5.92 Å². The molecular weight excluding hydrogens is 308 g/mol. The van der Waals surface area contributed by atoms with E-state index in [1.165, 1.54) is 0 Å². The highest BCUT2D eigenvalue weighted by atomic mass is 79.9. The zero-order valence-corrected chi connectivity index (χ0v) is 12.3. The van der Waals surface area contributed by atoms with Gasteiger partial charge in [0.25, 0.3) is 0 Å². The fourth-order valence-electron chi connectivity index (χ4n) is 2.32. The van der Waals surface area contributed by atoms with Crippen LogP contribution in [-0.2, 0) is 6.54 Å². The molecule has 0 bridgehead atoms. The maximum Gasteiger partial charge on any atom is 0.315 e. The number of carbonyl (C=O) groups is 1. The van der Waals surface area contributed by atoms with Crippen molar-refractivity contribution in [2.75, 3.05) is 6.54 Å². The van der Waals surface area contributed by atoms with E-state index in [0.717, 1.165) is 29.3 Å². The molecule has 0 radical (unpaired) electrons. The van der Waals surface area contributed by atoms with Crippen molar-refractivity contribution in [3.05, 3.63) is 34.3 Å². The Kier molecular flexibility index (Phi) is 5.22. The van der Waals surface area contributed by atoms with Crippen LogP contribution in [0.5, 0.6) is 0 Å². The van der Waals surface area contributed by atoms with Crippen LogP contribution in [-0.4, -0.2) is 23.8 Å². The number of benzene rings is 1. The SMILES string of the molecule is O=C(NCc1ccc(Br)cc1)NCC1CCC(O)C1. The Bertz CT molecular complexity index is 422. The number of hydrogen-bond acceptors (Lipinski definition) is 2. The van der Waals surface area contributed by atoms with Crippen molar-refractivity contribution < 1.29 is 9.90 Å². The number of urea groups is 1. The van der Waals surface area contributed by atoms with Gasteiger partial charge in [-0.1, -0.05) is 28.1 Å². The molecule has 1 aromatic carbocycles. The Morgan fingerprint density at radius 1 is 1.26 bits per heavy atom. The van der Waals surface area contributed by atoms with Gasteiger partial charge in [0.05, 0.1) is 6.10 Å². The first-order valence-electron chi connectivity index (χ1n) is 6.57. The van der Waals surface area contributed by atoms with Crippen LogP contribution >= 0.6 is 15.9 Å². The molecule has 104 valence electrons. The van der Waals surface area contributed by atoms with Crippen molar-refractivity contribution in [1.82, 2.24) is 10.6 Å². The minimum absolute atomic E-state index is 0.149. The van der Waals surface area contributed by atoms with Gasteiger partial charge in [-0.05, 0) is 42.9 Å². The predicted molar refractivity (Wildman–Crippen MR) is 77.7 cm³/mol. The summed E-state index contributed by atoms with van der Waals surface area (Å²) in [5.74, 6) is 0.411. The lowest BCUT2D eigenvalue weighted by Crippen LogP contribution is -2.37. The normalized spacial score (nSPS) is 22.2. The Morgan fingerprint density at radius 3 is 2.63 bits per heavy atom. The molecule has 19 heavy (non-hydrogen) atoms. The van der Waals surface area contributed by atoms with E-state index in [2.05, 4.69) is 26.6 Å². The van der Waals surface area contributed by atoms with E-state index in [0.29, 0.717) is 19.0 Å². The lowest BCUT2D eigenvalue weighted by Gasteiger charge is -2.12. The number of halogens is 1. The molecule has 2 amide bonds. The second kappa shape index (κ2) is 6.91. The molecule has 5 heteroatoms. The third-order valence-electron chi connectivity index (χ3n) is 3.43. The third-order valence-corrected chi connectivity index (χ3v) is 3.96. The summed E-state index contributed by atoms with van der Waals surface area (Å²) in [7, 11) is 0. The number of rotatable bonds is 4. The highest BCUT2D eigenvalue weighted by Crippen LogP contribution is 2.24. The first-order chi connectivity index (χ1) is 9.13. The number of hydrogen-bond donors (Lipinski definition) is 3. The topological polar surface area (TPSA) is 61.4 Å². The summed E-state index contributed by atoms with van der Waals surface area (Å²) in [4.78, 5) is 11.6. The van der Waals surface area contributed by atoms with Crippen molar-refractivity contribution in [1.29, 1.82) is 0 Å². The van der Waals surface area contributed by atoms with Crippen LogP contribution in [0.15, 0.2) is 28.7 Å². The number of aliphatic hydroxyl groups excluding tert-OH is 1. The van der Waals surface area contributed by atoms with Gasteiger partial charge in [-0.3, -0.25) is 0 Å². The van der Waals surface area contributed by atoms with Crippen molar-refractivity contribution in [2.45, 2.75) is 31.9 Å². The molecule has 1 fully saturated rings. The number of amides is 2. The van der Waals surface area contributed by atoms with E-state index in [-0.39, 0.29) is 12.1 Å². The Hall–Kier alpha value is -1.07. The van der Waals surface area contributed by atoms with E-state index in [1.807, 2.05) is 24.3 Å². The molecule has 1 aromatic rings. The molecule has 0 heterocycles. The van der Waals surface area contributed by atoms with E-state index in [9.17, 15) is 9.90 Å². The van der Waals surface area contributed by atoms with Gasteiger partial charge in [-0.15, -0.1) is 0 Å². The maximum atomic E-state index is 11.6. The fraction of sp³-hybridized carbons (Fsp3) is 0.500. The van der Waals surface area contributed by atoms with E-state index in [1.54, 1.807) is 0 Å². The number of carbonyl (C=O) groups excluding carboxylic acids is 1. The average molecular weight is 327 g/mol. The van der Waals surface area contributed by atoms with Crippen LogP contribution in [0.4, 0.5) is 4.79 Å². The Balaban J connectivity index is 1.65. The summed E-state index contributed by atoms with van der Waals surface area (Å²) in [5, 5.41) is 15.1.